The molecule has 0 radical (unpaired) electrons. The van der Waals surface area contributed by atoms with Crippen LogP contribution in [-0.2, 0) is 6.54 Å². The predicted molar refractivity (Wildman–Crippen MR) is 108 cm³/mol. The van der Waals surface area contributed by atoms with Crippen molar-refractivity contribution in [2.24, 2.45) is 0 Å². The van der Waals surface area contributed by atoms with Crippen molar-refractivity contribution in [3.8, 4) is 11.1 Å². The first kappa shape index (κ1) is 17.0. The van der Waals surface area contributed by atoms with Crippen LogP contribution in [0.3, 0.4) is 0 Å². The molecular weight excluding hydrogens is 399 g/mol. The monoisotopic (exact) mass is 410 g/mol. The summed E-state index contributed by atoms with van der Waals surface area (Å²) in [6.45, 7) is 0.143. The molecule has 1 aromatic carbocycles. The molecule has 0 aliphatic rings. The summed E-state index contributed by atoms with van der Waals surface area (Å²) >= 11 is 2.72. The molecule has 6 nitrogen and oxygen atoms in total. The largest absolute Gasteiger partial charge is 0.293 e. The molecule has 5 rings (SSSR count). The second-order valence-electron chi connectivity index (χ2n) is 6.16. The van der Waals surface area contributed by atoms with Gasteiger partial charge in [0.05, 0.1) is 24.0 Å². The van der Waals surface area contributed by atoms with E-state index in [-0.39, 0.29) is 23.5 Å². The zero-order valence-electron chi connectivity index (χ0n) is 14.2. The van der Waals surface area contributed by atoms with E-state index in [0.717, 1.165) is 5.56 Å². The Kier molecular flexibility index (Phi) is 3.92. The van der Waals surface area contributed by atoms with Gasteiger partial charge in [0.25, 0.3) is 11.1 Å². The van der Waals surface area contributed by atoms with E-state index in [9.17, 15) is 14.0 Å². The van der Waals surface area contributed by atoms with Gasteiger partial charge in [-0.05, 0) is 17.7 Å². The lowest BCUT2D eigenvalue weighted by atomic mass is 10.1. The van der Waals surface area contributed by atoms with Gasteiger partial charge in [-0.15, -0.1) is 22.7 Å². The van der Waals surface area contributed by atoms with E-state index >= 15 is 0 Å². The number of rotatable bonds is 3. The molecule has 0 aliphatic carbocycles. The Morgan fingerprint density at radius 2 is 1.93 bits per heavy atom. The SMILES string of the molecule is O=c1c2c(-c3ccc(F)cc3)csc2ncn1Cc1cc(=O)n2ccsc2n1. The van der Waals surface area contributed by atoms with Crippen molar-refractivity contribution in [2.75, 3.05) is 0 Å². The van der Waals surface area contributed by atoms with Gasteiger partial charge in [0.15, 0.2) is 4.96 Å². The molecular formula is C19H11FN4O2S2. The van der Waals surface area contributed by atoms with Crippen molar-refractivity contribution in [3.05, 3.63) is 85.8 Å². The summed E-state index contributed by atoms with van der Waals surface area (Å²) in [4.78, 5) is 35.3. The van der Waals surface area contributed by atoms with Gasteiger partial charge in [-0.2, -0.15) is 0 Å². The molecule has 9 heteroatoms. The van der Waals surface area contributed by atoms with Gasteiger partial charge >= 0.3 is 0 Å². The Balaban J connectivity index is 1.63. The van der Waals surface area contributed by atoms with Crippen LogP contribution in [0.1, 0.15) is 5.69 Å². The molecule has 138 valence electrons. The van der Waals surface area contributed by atoms with E-state index in [2.05, 4.69) is 9.97 Å². The third kappa shape index (κ3) is 2.76. The molecule has 0 atom stereocenters. The van der Waals surface area contributed by atoms with Crippen molar-refractivity contribution < 1.29 is 4.39 Å². The zero-order chi connectivity index (χ0) is 19.3. The third-order valence-corrected chi connectivity index (χ3v) is 6.05. The maximum Gasteiger partial charge on any atom is 0.263 e. The summed E-state index contributed by atoms with van der Waals surface area (Å²) in [7, 11) is 0. The molecule has 28 heavy (non-hydrogen) atoms. The highest BCUT2D eigenvalue weighted by Gasteiger charge is 2.14. The molecule has 4 heterocycles. The molecule has 0 amide bonds. The molecule has 0 bridgehead atoms. The molecule has 0 spiro atoms. The number of halogens is 1. The first-order chi connectivity index (χ1) is 13.6. The minimum atomic E-state index is -0.333. The van der Waals surface area contributed by atoms with Gasteiger partial charge in [0.1, 0.15) is 10.6 Å². The fraction of sp³-hybridized carbons (Fsp3) is 0.0526. The number of hydrogen-bond donors (Lipinski definition) is 0. The van der Waals surface area contributed by atoms with E-state index in [1.165, 1.54) is 56.2 Å². The lowest BCUT2D eigenvalue weighted by Crippen LogP contribution is -2.23. The minimum Gasteiger partial charge on any atom is -0.293 e. The second kappa shape index (κ2) is 6.47. The first-order valence-electron chi connectivity index (χ1n) is 8.28. The van der Waals surface area contributed by atoms with Crippen molar-refractivity contribution in [3.63, 3.8) is 0 Å². The van der Waals surface area contributed by atoms with E-state index in [0.29, 0.717) is 26.4 Å². The van der Waals surface area contributed by atoms with Crippen LogP contribution in [-0.4, -0.2) is 18.9 Å². The predicted octanol–water partition coefficient (Wildman–Crippen LogP) is 3.38. The normalized spacial score (nSPS) is 11.5. The lowest BCUT2D eigenvalue weighted by molar-refractivity contribution is 0.628. The standard InChI is InChI=1S/C19H11FN4O2S2/c20-12-3-1-11(2-4-12)14-9-28-17-16(14)18(26)23(10-21-17)8-13-7-15(25)24-5-6-27-19(24)22-13/h1-7,9-10H,8H2. The van der Waals surface area contributed by atoms with Crippen molar-refractivity contribution >= 4 is 37.9 Å². The van der Waals surface area contributed by atoms with E-state index < -0.39 is 0 Å². The van der Waals surface area contributed by atoms with Crippen LogP contribution in [0, 0.1) is 5.82 Å². The van der Waals surface area contributed by atoms with Gasteiger partial charge < -0.3 is 0 Å². The molecule has 4 aromatic heterocycles. The zero-order valence-corrected chi connectivity index (χ0v) is 15.8. The van der Waals surface area contributed by atoms with Gasteiger partial charge in [0.2, 0.25) is 0 Å². The van der Waals surface area contributed by atoms with Crippen molar-refractivity contribution in [1.82, 2.24) is 18.9 Å². The topological polar surface area (TPSA) is 69.3 Å². The van der Waals surface area contributed by atoms with Crippen LogP contribution in [0.5, 0.6) is 0 Å². The van der Waals surface area contributed by atoms with Gasteiger partial charge in [0, 0.05) is 28.6 Å². The Hall–Kier alpha value is -3.17. The van der Waals surface area contributed by atoms with Crippen LogP contribution in [0.25, 0.3) is 26.3 Å². The number of hydrogen-bond acceptors (Lipinski definition) is 6. The van der Waals surface area contributed by atoms with Crippen LogP contribution >= 0.6 is 22.7 Å². The van der Waals surface area contributed by atoms with E-state index in [4.69, 9.17) is 0 Å². The van der Waals surface area contributed by atoms with Crippen LogP contribution in [0.4, 0.5) is 4.39 Å². The summed E-state index contributed by atoms with van der Waals surface area (Å²) in [5, 5.41) is 4.11. The maximum atomic E-state index is 13.2. The Labute approximate surface area is 164 Å². The number of benzene rings is 1. The smallest absolute Gasteiger partial charge is 0.263 e. The van der Waals surface area contributed by atoms with Gasteiger partial charge in [-0.25, -0.2) is 14.4 Å². The Morgan fingerprint density at radius 1 is 1.11 bits per heavy atom. The average molecular weight is 410 g/mol. The minimum absolute atomic E-state index is 0.143. The van der Waals surface area contributed by atoms with Crippen LogP contribution < -0.4 is 11.1 Å². The third-order valence-electron chi connectivity index (χ3n) is 4.40. The molecule has 0 saturated carbocycles. The lowest BCUT2D eigenvalue weighted by Gasteiger charge is -2.06. The quantitative estimate of drug-likeness (QED) is 0.457. The number of fused-ring (bicyclic) bond motifs is 2. The Morgan fingerprint density at radius 3 is 2.75 bits per heavy atom. The number of thiazole rings is 1. The highest BCUT2D eigenvalue weighted by atomic mass is 32.1. The molecule has 0 N–H and O–H groups in total. The highest BCUT2D eigenvalue weighted by Crippen LogP contribution is 2.30. The second-order valence-corrected chi connectivity index (χ2v) is 7.89. The van der Waals surface area contributed by atoms with Gasteiger partial charge in [-0.3, -0.25) is 18.6 Å². The molecule has 0 fully saturated rings. The van der Waals surface area contributed by atoms with E-state index in [1.807, 2.05) is 5.38 Å². The first-order valence-corrected chi connectivity index (χ1v) is 10.0. The van der Waals surface area contributed by atoms with Crippen molar-refractivity contribution in [2.45, 2.75) is 6.54 Å². The summed E-state index contributed by atoms with van der Waals surface area (Å²) < 4.78 is 16.1. The summed E-state index contributed by atoms with van der Waals surface area (Å²) in [5.74, 6) is -0.333. The molecule has 0 unspecified atom stereocenters. The highest BCUT2D eigenvalue weighted by molar-refractivity contribution is 7.17. The number of nitrogens with zero attached hydrogens (tertiary/aromatic N) is 4. The summed E-state index contributed by atoms with van der Waals surface area (Å²) in [6.07, 6.45) is 3.13. The Bertz CT molecular complexity index is 1450. The summed E-state index contributed by atoms with van der Waals surface area (Å²) in [5.41, 5.74) is 1.55. The molecule has 5 aromatic rings. The van der Waals surface area contributed by atoms with E-state index in [1.54, 1.807) is 23.7 Å². The van der Waals surface area contributed by atoms with Crippen molar-refractivity contribution in [1.29, 1.82) is 0 Å². The molecule has 0 saturated heterocycles. The average Bonchev–Trinajstić information content (AvgIpc) is 3.32. The maximum absolute atomic E-state index is 13.2. The van der Waals surface area contributed by atoms with Gasteiger partial charge in [-0.1, -0.05) is 12.1 Å². The van der Waals surface area contributed by atoms with Crippen LogP contribution in [0.15, 0.2) is 63.2 Å². The number of thiophene rings is 1. The number of aromatic nitrogens is 4. The fourth-order valence-corrected chi connectivity index (χ4v) is 4.71. The summed E-state index contributed by atoms with van der Waals surface area (Å²) in [6, 6.07) is 7.43. The van der Waals surface area contributed by atoms with Crippen LogP contribution in [0.2, 0.25) is 0 Å². The fourth-order valence-electron chi connectivity index (χ4n) is 3.07. The molecule has 0 aliphatic heterocycles.